The molecule has 4 aliphatic carbocycles. The number of fused-ring (bicyclic) bond motifs is 5. The topological polar surface area (TPSA) is 183 Å². The van der Waals surface area contributed by atoms with Gasteiger partial charge in [0.1, 0.15) is 12.1 Å². The zero-order chi connectivity index (χ0) is 28.6. The van der Waals surface area contributed by atoms with Crippen molar-refractivity contribution in [1.82, 2.24) is 10.7 Å². The van der Waals surface area contributed by atoms with E-state index in [-0.39, 0.29) is 61.2 Å². The minimum atomic E-state index is -1.75. The van der Waals surface area contributed by atoms with Gasteiger partial charge < -0.3 is 20.3 Å². The van der Waals surface area contributed by atoms with Gasteiger partial charge in [-0.25, -0.2) is 0 Å². The third kappa shape index (κ3) is 5.55. The largest absolute Gasteiger partial charge is 0.456 e. The van der Waals surface area contributed by atoms with Crippen molar-refractivity contribution < 1.29 is 49.4 Å². The van der Waals surface area contributed by atoms with Crippen LogP contribution in [0.3, 0.4) is 0 Å². The normalized spacial score (nSPS) is 37.4. The molecule has 5 N–H and O–H groups in total. The molecule has 39 heavy (non-hydrogen) atoms. The number of rotatable bonds is 10. The van der Waals surface area contributed by atoms with Crippen LogP contribution in [0.5, 0.6) is 0 Å². The van der Waals surface area contributed by atoms with Crippen LogP contribution < -0.4 is 5.32 Å². The molecule has 0 heterocycles. The Bertz CT molecular complexity index is 1030. The van der Waals surface area contributed by atoms with Crippen LogP contribution >= 0.6 is 0 Å². The molecule has 0 aromatic heterocycles. The predicted molar refractivity (Wildman–Crippen MR) is 133 cm³/mol. The zero-order valence-electron chi connectivity index (χ0n) is 22.6. The number of hydrogen-bond donors (Lipinski definition) is 5. The first-order valence-electron chi connectivity index (χ1n) is 13.7. The highest BCUT2D eigenvalue weighted by atomic mass is 17.1. The third-order valence-corrected chi connectivity index (χ3v) is 10.1. The van der Waals surface area contributed by atoms with Gasteiger partial charge in [0.05, 0.1) is 18.1 Å². The monoisotopic (exact) mass is 552 g/mol. The molecule has 12 nitrogen and oxygen atoms in total. The van der Waals surface area contributed by atoms with E-state index >= 15 is 0 Å². The first kappa shape index (κ1) is 29.8. The zero-order valence-corrected chi connectivity index (χ0v) is 22.6. The predicted octanol–water partition coefficient (Wildman–Crippen LogP) is 1.24. The molecular formula is C27H40N2O10. The van der Waals surface area contributed by atoms with E-state index in [1.165, 1.54) is 0 Å². The number of Topliss-reactive ketones (excluding diaryl/α,β-unsaturated/α-hetero) is 1. The molecule has 0 spiro atoms. The molecule has 3 saturated carbocycles. The van der Waals surface area contributed by atoms with Crippen LogP contribution in [0, 0.1) is 28.6 Å². The van der Waals surface area contributed by atoms with Crippen molar-refractivity contribution in [2.24, 2.45) is 28.6 Å². The molecular weight excluding hydrogens is 512 g/mol. The summed E-state index contributed by atoms with van der Waals surface area (Å²) >= 11 is 0. The average molecular weight is 553 g/mol. The van der Waals surface area contributed by atoms with Gasteiger partial charge in [0, 0.05) is 18.3 Å². The summed E-state index contributed by atoms with van der Waals surface area (Å²) in [5.41, 5.74) is -1.79. The smallest absolute Gasteiger partial charge is 0.325 e. The summed E-state index contributed by atoms with van der Waals surface area (Å²) < 4.78 is 5.08. The molecule has 3 fully saturated rings. The van der Waals surface area contributed by atoms with Crippen molar-refractivity contribution in [1.29, 1.82) is 0 Å². The standard InChI is InChI=1S/C27H40N2O10/c1-25-9-7-17(30)12-16(25)5-6-18-19-8-10-27(35,26(19,2)13-20(31)24(18)25)21(32)15-38-23(34)14-28-22(33)4-3-11-39-29(36)37/h12,18-20,24,31,35-37H,3-11,13-15H2,1-2H3,(H,28,33)/t18-,19-,20-,24+,25-,26-,27-/m0/s1. The maximum atomic E-state index is 13.3. The molecule has 0 aromatic rings. The van der Waals surface area contributed by atoms with Crippen molar-refractivity contribution in [3.8, 4) is 0 Å². The van der Waals surface area contributed by atoms with E-state index in [4.69, 9.17) is 15.2 Å². The second kappa shape index (κ2) is 11.3. The van der Waals surface area contributed by atoms with Crippen molar-refractivity contribution in [3.63, 3.8) is 0 Å². The molecule has 1 amide bonds. The number of aliphatic hydroxyl groups is 2. The number of carbonyl (C=O) groups is 4. The van der Waals surface area contributed by atoms with E-state index in [2.05, 4.69) is 17.1 Å². The van der Waals surface area contributed by atoms with Crippen LogP contribution in [-0.4, -0.2) is 80.9 Å². The second-order valence-corrected chi connectivity index (χ2v) is 12.0. The maximum Gasteiger partial charge on any atom is 0.325 e. The fourth-order valence-electron chi connectivity index (χ4n) is 8.10. The summed E-state index contributed by atoms with van der Waals surface area (Å²) in [5.74, 6) is -1.71. The first-order valence-corrected chi connectivity index (χ1v) is 13.7. The molecule has 4 aliphatic rings. The molecule has 0 saturated heterocycles. The number of ether oxygens (including phenoxy) is 1. The highest BCUT2D eigenvalue weighted by molar-refractivity contribution is 5.92. The summed E-state index contributed by atoms with van der Waals surface area (Å²) in [7, 11) is 0. The van der Waals surface area contributed by atoms with Crippen LogP contribution in [0.25, 0.3) is 0 Å². The van der Waals surface area contributed by atoms with Gasteiger partial charge in [0.15, 0.2) is 12.4 Å². The van der Waals surface area contributed by atoms with Gasteiger partial charge in [-0.2, -0.15) is 0 Å². The fourth-order valence-corrected chi connectivity index (χ4v) is 8.10. The van der Waals surface area contributed by atoms with Gasteiger partial charge in [0.2, 0.25) is 11.7 Å². The summed E-state index contributed by atoms with van der Waals surface area (Å²) in [6, 6.07) is 0. The Balaban J connectivity index is 1.34. The Morgan fingerprint density at radius 3 is 2.62 bits per heavy atom. The quantitative estimate of drug-likeness (QED) is 0.149. The van der Waals surface area contributed by atoms with E-state index in [9.17, 15) is 29.4 Å². The van der Waals surface area contributed by atoms with Crippen molar-refractivity contribution >= 4 is 23.4 Å². The molecule has 0 radical (unpaired) electrons. The summed E-state index contributed by atoms with van der Waals surface area (Å²) in [5, 5.41) is 41.9. The molecule has 12 heteroatoms. The van der Waals surface area contributed by atoms with E-state index < -0.39 is 53.3 Å². The van der Waals surface area contributed by atoms with Crippen LogP contribution in [0.4, 0.5) is 0 Å². The second-order valence-electron chi connectivity index (χ2n) is 12.0. The van der Waals surface area contributed by atoms with Crippen LogP contribution in [-0.2, 0) is 28.8 Å². The van der Waals surface area contributed by atoms with Crippen molar-refractivity contribution in [3.05, 3.63) is 11.6 Å². The Labute approximate surface area is 227 Å². The van der Waals surface area contributed by atoms with Gasteiger partial charge in [-0.3, -0.25) is 34.4 Å². The summed E-state index contributed by atoms with van der Waals surface area (Å²) in [4.78, 5) is 53.6. The van der Waals surface area contributed by atoms with E-state index in [1.54, 1.807) is 6.08 Å². The highest BCUT2D eigenvalue weighted by Crippen LogP contribution is 2.67. The molecule has 7 atom stereocenters. The molecule has 0 unspecified atom stereocenters. The number of allylic oxidation sites excluding steroid dienone is 1. The van der Waals surface area contributed by atoms with Crippen LogP contribution in [0.2, 0.25) is 0 Å². The van der Waals surface area contributed by atoms with E-state index in [1.807, 2.05) is 6.92 Å². The maximum absolute atomic E-state index is 13.3. The Morgan fingerprint density at radius 1 is 1.15 bits per heavy atom. The number of aliphatic hydroxyl groups excluding tert-OH is 1. The molecule has 0 aromatic carbocycles. The molecule has 4 rings (SSSR count). The molecule has 218 valence electrons. The van der Waals surface area contributed by atoms with Gasteiger partial charge in [-0.15, -0.1) is 0 Å². The summed E-state index contributed by atoms with van der Waals surface area (Å²) in [6.07, 6.45) is 4.98. The highest BCUT2D eigenvalue weighted by Gasteiger charge is 2.68. The first-order chi connectivity index (χ1) is 18.3. The number of carbonyl (C=O) groups excluding carboxylic acids is 4. The molecule has 0 bridgehead atoms. The third-order valence-electron chi connectivity index (χ3n) is 10.1. The Morgan fingerprint density at radius 2 is 1.90 bits per heavy atom. The molecule has 0 aliphatic heterocycles. The van der Waals surface area contributed by atoms with Gasteiger partial charge >= 0.3 is 5.97 Å². The lowest BCUT2D eigenvalue weighted by Gasteiger charge is -2.60. The fraction of sp³-hybridized carbons (Fsp3) is 0.778. The number of nitrogens with one attached hydrogen (secondary N) is 1. The lowest BCUT2D eigenvalue weighted by molar-refractivity contribution is -0.492. The lowest BCUT2D eigenvalue weighted by atomic mass is 9.45. The SMILES string of the molecule is C[C@]12CCC(=O)C=C1CC[C@@H]1[C@@H]2[C@@H](O)C[C@@]2(C)[C@H]1CC[C@]2(O)C(=O)COC(=O)CNC(=O)CCCON(O)O. The van der Waals surface area contributed by atoms with Gasteiger partial charge in [-0.1, -0.05) is 19.4 Å². The van der Waals surface area contributed by atoms with Crippen LogP contribution in [0.15, 0.2) is 11.6 Å². The summed E-state index contributed by atoms with van der Waals surface area (Å²) in [6.45, 7) is 2.78. The number of amides is 1. The average Bonchev–Trinajstić information content (AvgIpc) is 3.14. The van der Waals surface area contributed by atoms with E-state index in [0.717, 1.165) is 18.4 Å². The van der Waals surface area contributed by atoms with Crippen molar-refractivity contribution in [2.75, 3.05) is 19.8 Å². The van der Waals surface area contributed by atoms with E-state index in [0.29, 0.717) is 19.3 Å². The van der Waals surface area contributed by atoms with Crippen molar-refractivity contribution in [2.45, 2.75) is 83.3 Å². The number of ketones is 2. The number of nitrogens with zero attached hydrogens (tertiary/aromatic N) is 1. The Kier molecular flexibility index (Phi) is 8.65. The minimum Gasteiger partial charge on any atom is -0.456 e. The Hall–Kier alpha value is -2.22. The van der Waals surface area contributed by atoms with Crippen LogP contribution in [0.1, 0.15) is 71.6 Å². The number of hydrogen-bond acceptors (Lipinski definition) is 11. The van der Waals surface area contributed by atoms with Gasteiger partial charge in [0.25, 0.3) is 0 Å². The lowest BCUT2D eigenvalue weighted by Crippen LogP contribution is -2.62. The number of esters is 1. The van der Waals surface area contributed by atoms with Gasteiger partial charge in [-0.05, 0) is 74.2 Å². The minimum absolute atomic E-state index is 0.0126.